The number of amides is 1. The van der Waals surface area contributed by atoms with E-state index >= 15 is 0 Å². The smallest absolute Gasteiger partial charge is 0.269 e. The minimum absolute atomic E-state index is 0.0624. The lowest BCUT2D eigenvalue weighted by Crippen LogP contribution is -2.28. The average molecular weight is 265 g/mol. The molecule has 0 saturated carbocycles. The second-order valence-electron chi connectivity index (χ2n) is 4.18. The molecular formula is C13H19N3O3. The van der Waals surface area contributed by atoms with Gasteiger partial charge in [-0.25, -0.2) is 0 Å². The lowest BCUT2D eigenvalue weighted by Gasteiger charge is -2.07. The zero-order valence-corrected chi connectivity index (χ0v) is 11.0. The van der Waals surface area contributed by atoms with Gasteiger partial charge in [-0.2, -0.15) is 0 Å². The van der Waals surface area contributed by atoms with Crippen LogP contribution in [0.5, 0.6) is 0 Å². The van der Waals surface area contributed by atoms with Gasteiger partial charge in [0.05, 0.1) is 4.92 Å². The van der Waals surface area contributed by atoms with E-state index in [1.54, 1.807) is 12.1 Å². The zero-order valence-electron chi connectivity index (χ0n) is 11.0. The Morgan fingerprint density at radius 3 is 2.53 bits per heavy atom. The van der Waals surface area contributed by atoms with E-state index in [4.69, 9.17) is 0 Å². The predicted molar refractivity (Wildman–Crippen MR) is 74.1 cm³/mol. The highest BCUT2D eigenvalue weighted by Crippen LogP contribution is 2.14. The molecule has 0 aliphatic heterocycles. The fraction of sp³-hybridized carbons (Fsp3) is 0.462. The van der Waals surface area contributed by atoms with Crippen molar-refractivity contribution in [2.45, 2.75) is 26.2 Å². The maximum Gasteiger partial charge on any atom is 0.269 e. The number of benzene rings is 1. The Bertz CT molecular complexity index is 418. The molecule has 0 atom stereocenters. The summed E-state index contributed by atoms with van der Waals surface area (Å²) in [5, 5.41) is 16.4. The normalized spacial score (nSPS) is 9.95. The number of nitrogens with one attached hydrogen (secondary N) is 2. The number of nitrogens with zero attached hydrogens (tertiary/aromatic N) is 1. The second kappa shape index (κ2) is 8.07. The van der Waals surface area contributed by atoms with Crippen LogP contribution in [0.1, 0.15) is 26.2 Å². The molecule has 0 aromatic heterocycles. The van der Waals surface area contributed by atoms with Crippen molar-refractivity contribution in [3.63, 3.8) is 0 Å². The minimum Gasteiger partial charge on any atom is -0.383 e. The van der Waals surface area contributed by atoms with Gasteiger partial charge < -0.3 is 10.6 Å². The third-order valence-electron chi connectivity index (χ3n) is 2.61. The van der Waals surface area contributed by atoms with Gasteiger partial charge in [0.25, 0.3) is 5.69 Å². The van der Waals surface area contributed by atoms with Crippen LogP contribution in [0, 0.1) is 10.1 Å². The Morgan fingerprint density at radius 1 is 1.26 bits per heavy atom. The molecule has 1 amide bonds. The summed E-state index contributed by atoms with van der Waals surface area (Å²) in [6.07, 6.45) is 2.48. The molecular weight excluding hydrogens is 246 g/mol. The van der Waals surface area contributed by atoms with E-state index in [-0.39, 0.29) is 11.6 Å². The number of nitro groups is 1. The van der Waals surface area contributed by atoms with Crippen molar-refractivity contribution in [1.82, 2.24) is 5.32 Å². The van der Waals surface area contributed by atoms with Gasteiger partial charge in [0.1, 0.15) is 0 Å². The molecule has 0 saturated heterocycles. The number of anilines is 1. The van der Waals surface area contributed by atoms with Crippen LogP contribution in [0.25, 0.3) is 0 Å². The van der Waals surface area contributed by atoms with Crippen LogP contribution in [0.2, 0.25) is 0 Å². The highest BCUT2D eigenvalue weighted by Gasteiger charge is 2.03. The summed E-state index contributed by atoms with van der Waals surface area (Å²) >= 11 is 0. The predicted octanol–water partition coefficient (Wildman–Crippen LogP) is 2.31. The van der Waals surface area contributed by atoms with Gasteiger partial charge in [-0.1, -0.05) is 13.3 Å². The highest BCUT2D eigenvalue weighted by molar-refractivity contribution is 5.75. The van der Waals surface area contributed by atoms with E-state index in [1.807, 2.05) is 6.92 Å². The molecule has 0 bridgehead atoms. The fourth-order valence-corrected chi connectivity index (χ4v) is 1.54. The van der Waals surface area contributed by atoms with Crippen molar-refractivity contribution < 1.29 is 9.72 Å². The van der Waals surface area contributed by atoms with E-state index in [9.17, 15) is 14.9 Å². The standard InChI is InChI=1S/C13H19N3O3/c1-2-3-4-13(17)15-10-9-14-11-5-7-12(8-6-11)16(18)19/h5-8,14H,2-4,9-10H2,1H3,(H,15,17). The molecule has 104 valence electrons. The second-order valence-corrected chi connectivity index (χ2v) is 4.18. The van der Waals surface area contributed by atoms with E-state index in [2.05, 4.69) is 10.6 Å². The number of carbonyl (C=O) groups is 1. The average Bonchev–Trinajstić information content (AvgIpc) is 2.41. The monoisotopic (exact) mass is 265 g/mol. The van der Waals surface area contributed by atoms with Crippen LogP contribution in [-0.4, -0.2) is 23.9 Å². The molecule has 0 heterocycles. The summed E-state index contributed by atoms with van der Waals surface area (Å²) in [5.74, 6) is 0.0624. The van der Waals surface area contributed by atoms with Crippen LogP contribution in [0.15, 0.2) is 24.3 Å². The van der Waals surface area contributed by atoms with Crippen LogP contribution in [0.4, 0.5) is 11.4 Å². The molecule has 0 aliphatic rings. The van der Waals surface area contributed by atoms with Gasteiger partial charge in [-0.3, -0.25) is 14.9 Å². The third kappa shape index (κ3) is 5.85. The Hall–Kier alpha value is -2.11. The molecule has 1 rings (SSSR count). The van der Waals surface area contributed by atoms with Crippen molar-refractivity contribution >= 4 is 17.3 Å². The maximum atomic E-state index is 11.3. The third-order valence-corrected chi connectivity index (χ3v) is 2.61. The largest absolute Gasteiger partial charge is 0.383 e. The number of carbonyl (C=O) groups excluding carboxylic acids is 1. The topological polar surface area (TPSA) is 84.3 Å². The van der Waals surface area contributed by atoms with Gasteiger partial charge in [0, 0.05) is 37.3 Å². The molecule has 19 heavy (non-hydrogen) atoms. The van der Waals surface area contributed by atoms with Crippen molar-refractivity contribution in [2.24, 2.45) is 0 Å². The number of hydrogen-bond donors (Lipinski definition) is 2. The van der Waals surface area contributed by atoms with Gasteiger partial charge in [0.2, 0.25) is 5.91 Å². The molecule has 0 fully saturated rings. The number of non-ortho nitro benzene ring substituents is 1. The molecule has 6 heteroatoms. The van der Waals surface area contributed by atoms with Gasteiger partial charge >= 0.3 is 0 Å². The van der Waals surface area contributed by atoms with Crippen molar-refractivity contribution in [2.75, 3.05) is 18.4 Å². The van der Waals surface area contributed by atoms with E-state index in [1.165, 1.54) is 12.1 Å². The molecule has 0 radical (unpaired) electrons. The summed E-state index contributed by atoms with van der Waals surface area (Å²) in [6.45, 7) is 3.18. The van der Waals surface area contributed by atoms with Crippen molar-refractivity contribution in [1.29, 1.82) is 0 Å². The summed E-state index contributed by atoms with van der Waals surface area (Å²) in [7, 11) is 0. The van der Waals surface area contributed by atoms with E-state index in [0.717, 1.165) is 18.5 Å². The van der Waals surface area contributed by atoms with Crippen LogP contribution < -0.4 is 10.6 Å². The Labute approximate surface area is 112 Å². The van der Waals surface area contributed by atoms with Crippen molar-refractivity contribution in [3.05, 3.63) is 34.4 Å². The quantitative estimate of drug-likeness (QED) is 0.429. The van der Waals surface area contributed by atoms with E-state index < -0.39 is 4.92 Å². The van der Waals surface area contributed by atoms with Crippen molar-refractivity contribution in [3.8, 4) is 0 Å². The van der Waals surface area contributed by atoms with Gasteiger partial charge in [-0.15, -0.1) is 0 Å². The molecule has 1 aromatic rings. The van der Waals surface area contributed by atoms with Gasteiger partial charge in [0.15, 0.2) is 0 Å². The Morgan fingerprint density at radius 2 is 1.95 bits per heavy atom. The molecule has 1 aromatic carbocycles. The highest BCUT2D eigenvalue weighted by atomic mass is 16.6. The first-order valence-corrected chi connectivity index (χ1v) is 6.38. The summed E-state index contributed by atoms with van der Waals surface area (Å²) in [6, 6.07) is 6.19. The lowest BCUT2D eigenvalue weighted by atomic mass is 10.2. The van der Waals surface area contributed by atoms with Gasteiger partial charge in [-0.05, 0) is 18.6 Å². The summed E-state index contributed by atoms with van der Waals surface area (Å²) in [5.41, 5.74) is 0.867. The Kier molecular flexibility index (Phi) is 6.35. The number of nitro benzene ring substituents is 1. The maximum absolute atomic E-state index is 11.3. The first-order valence-electron chi connectivity index (χ1n) is 6.38. The first kappa shape index (κ1) is 14.9. The van der Waals surface area contributed by atoms with Crippen LogP contribution >= 0.6 is 0 Å². The van der Waals surface area contributed by atoms with Crippen LogP contribution in [0.3, 0.4) is 0 Å². The molecule has 6 nitrogen and oxygen atoms in total. The molecule has 0 unspecified atom stereocenters. The van der Waals surface area contributed by atoms with Crippen LogP contribution in [-0.2, 0) is 4.79 Å². The molecule has 2 N–H and O–H groups in total. The number of hydrogen-bond acceptors (Lipinski definition) is 4. The fourth-order valence-electron chi connectivity index (χ4n) is 1.54. The minimum atomic E-state index is -0.433. The molecule has 0 spiro atoms. The zero-order chi connectivity index (χ0) is 14.1. The lowest BCUT2D eigenvalue weighted by molar-refractivity contribution is -0.384. The number of unbranched alkanes of at least 4 members (excludes halogenated alkanes) is 1. The summed E-state index contributed by atoms with van der Waals surface area (Å²) < 4.78 is 0. The van der Waals surface area contributed by atoms with E-state index in [0.29, 0.717) is 19.5 Å². The molecule has 0 aliphatic carbocycles. The summed E-state index contributed by atoms with van der Waals surface area (Å²) in [4.78, 5) is 21.4. The number of rotatable bonds is 8. The SMILES string of the molecule is CCCCC(=O)NCCNc1ccc([N+](=O)[O-])cc1. The first-order chi connectivity index (χ1) is 9.13. The Balaban J connectivity index is 2.22.